The van der Waals surface area contributed by atoms with Crippen molar-refractivity contribution in [1.82, 2.24) is 14.9 Å². The number of rotatable bonds is 7. The highest BCUT2D eigenvalue weighted by atomic mass is 35.5. The Bertz CT molecular complexity index is 1290. The zero-order chi connectivity index (χ0) is 23.5. The Kier molecular flexibility index (Phi) is 7.15. The summed E-state index contributed by atoms with van der Waals surface area (Å²) in [4.78, 5) is 26.3. The average Bonchev–Trinajstić information content (AvgIpc) is 3.58. The summed E-state index contributed by atoms with van der Waals surface area (Å²) in [5, 5.41) is 1.73. The first-order chi connectivity index (χ1) is 16.6. The van der Waals surface area contributed by atoms with Crippen LogP contribution in [0.25, 0.3) is 22.2 Å². The maximum Gasteiger partial charge on any atom is 0.265 e. The maximum atomic E-state index is 13.4. The molecule has 2 aromatic heterocycles. The molecule has 174 valence electrons. The number of hydrogen-bond donors (Lipinski definition) is 0. The number of halogens is 1. The Morgan fingerprint density at radius 2 is 2.09 bits per heavy atom. The monoisotopic (exact) mass is 509 g/mol. The van der Waals surface area contributed by atoms with E-state index in [2.05, 4.69) is 35.5 Å². The van der Waals surface area contributed by atoms with Crippen LogP contribution in [0.15, 0.2) is 65.1 Å². The number of carbonyl (C=O) groups excluding carboxylic acids is 1. The lowest BCUT2D eigenvalue weighted by molar-refractivity contribution is 0.0511. The van der Waals surface area contributed by atoms with Crippen molar-refractivity contribution in [2.75, 3.05) is 19.4 Å². The molecule has 3 heterocycles. The van der Waals surface area contributed by atoms with Crippen LogP contribution < -0.4 is 0 Å². The molecule has 4 aromatic rings. The maximum absolute atomic E-state index is 13.4. The van der Waals surface area contributed by atoms with E-state index in [0.29, 0.717) is 23.0 Å². The van der Waals surface area contributed by atoms with E-state index in [0.717, 1.165) is 52.1 Å². The molecule has 1 saturated heterocycles. The van der Waals surface area contributed by atoms with Gasteiger partial charge in [0.25, 0.3) is 5.91 Å². The number of hydrogen-bond acceptors (Lipinski definition) is 6. The van der Waals surface area contributed by atoms with Gasteiger partial charge in [0.05, 0.1) is 29.0 Å². The molecule has 1 aliphatic heterocycles. The molecule has 5 nitrogen and oxygen atoms in total. The molecule has 5 rings (SSSR count). The molecule has 1 aliphatic rings. The lowest BCUT2D eigenvalue weighted by Crippen LogP contribution is -2.36. The van der Waals surface area contributed by atoms with Gasteiger partial charge in [-0.15, -0.1) is 23.1 Å². The van der Waals surface area contributed by atoms with Crippen LogP contribution >= 0.6 is 34.7 Å². The van der Waals surface area contributed by atoms with E-state index in [1.165, 1.54) is 11.3 Å². The number of thiazole rings is 1. The number of carbonyl (C=O) groups is 1. The first-order valence-corrected chi connectivity index (χ1v) is 13.6. The van der Waals surface area contributed by atoms with Crippen molar-refractivity contribution >= 4 is 51.5 Å². The van der Waals surface area contributed by atoms with Crippen molar-refractivity contribution in [3.8, 4) is 11.3 Å². The molecule has 34 heavy (non-hydrogen) atoms. The quantitative estimate of drug-likeness (QED) is 0.264. The van der Waals surface area contributed by atoms with Crippen LogP contribution in [0.4, 0.5) is 0 Å². The minimum atomic E-state index is -0.0297. The molecule has 0 aliphatic carbocycles. The minimum Gasteiger partial charge on any atom is -0.376 e. The molecule has 0 bridgehead atoms. The van der Waals surface area contributed by atoms with Gasteiger partial charge in [0.15, 0.2) is 0 Å². The van der Waals surface area contributed by atoms with E-state index >= 15 is 0 Å². The molecule has 1 amide bonds. The number of benzene rings is 2. The molecular weight excluding hydrogens is 486 g/mol. The normalized spacial score (nSPS) is 15.6. The summed E-state index contributed by atoms with van der Waals surface area (Å²) in [5.74, 6) is -0.0297. The lowest BCUT2D eigenvalue weighted by atomic mass is 10.0. The van der Waals surface area contributed by atoms with Crippen LogP contribution in [0.1, 0.15) is 28.1 Å². The van der Waals surface area contributed by atoms with Gasteiger partial charge >= 0.3 is 0 Å². The first-order valence-electron chi connectivity index (χ1n) is 11.1. The van der Waals surface area contributed by atoms with Crippen molar-refractivity contribution < 1.29 is 9.53 Å². The van der Waals surface area contributed by atoms with Crippen molar-refractivity contribution in [3.63, 3.8) is 0 Å². The number of amides is 1. The third-order valence-electron chi connectivity index (χ3n) is 5.96. The van der Waals surface area contributed by atoms with Gasteiger partial charge in [-0.05, 0) is 55.0 Å². The number of thioether (sulfide) groups is 1. The standard InChI is InChI=1S/C26H24ClN3O2S2/c1-33-22-9-6-18-11-19(25(29-23(18)12-22)17-4-7-20(27)8-5-17)14-30(15-21-3-2-10-32-21)26(31)24-13-28-16-34-24/h4-9,11-13,16,21H,2-3,10,14-15H2,1H3. The molecule has 1 fully saturated rings. The molecule has 0 spiro atoms. The lowest BCUT2D eigenvalue weighted by Gasteiger charge is -2.26. The van der Waals surface area contributed by atoms with Gasteiger partial charge in [0.2, 0.25) is 0 Å². The Morgan fingerprint density at radius 1 is 1.24 bits per heavy atom. The Morgan fingerprint density at radius 3 is 2.79 bits per heavy atom. The van der Waals surface area contributed by atoms with E-state index in [9.17, 15) is 4.79 Å². The van der Waals surface area contributed by atoms with Crippen LogP contribution in [-0.4, -0.2) is 46.3 Å². The van der Waals surface area contributed by atoms with E-state index in [1.807, 2.05) is 29.2 Å². The number of pyridine rings is 1. The SMILES string of the molecule is CSc1ccc2cc(CN(CC3CCCO3)C(=O)c3cncs3)c(-c3ccc(Cl)cc3)nc2c1. The predicted octanol–water partition coefficient (Wildman–Crippen LogP) is 6.56. The second-order valence-electron chi connectivity index (χ2n) is 8.25. The second-order valence-corrected chi connectivity index (χ2v) is 10.5. The van der Waals surface area contributed by atoms with Gasteiger partial charge in [-0.25, -0.2) is 4.98 Å². The van der Waals surface area contributed by atoms with Crippen molar-refractivity contribution in [2.24, 2.45) is 0 Å². The fraction of sp³-hybridized carbons (Fsp3) is 0.269. The summed E-state index contributed by atoms with van der Waals surface area (Å²) >= 11 is 9.21. The highest BCUT2D eigenvalue weighted by molar-refractivity contribution is 7.98. The predicted molar refractivity (Wildman–Crippen MR) is 140 cm³/mol. The molecule has 0 radical (unpaired) electrons. The highest BCUT2D eigenvalue weighted by Gasteiger charge is 2.26. The molecule has 8 heteroatoms. The molecule has 1 unspecified atom stereocenters. The summed E-state index contributed by atoms with van der Waals surface area (Å²) in [7, 11) is 0. The Balaban J connectivity index is 1.58. The average molecular weight is 510 g/mol. The summed E-state index contributed by atoms with van der Waals surface area (Å²) < 4.78 is 5.87. The van der Waals surface area contributed by atoms with E-state index in [1.54, 1.807) is 23.5 Å². The number of aromatic nitrogens is 2. The summed E-state index contributed by atoms with van der Waals surface area (Å²) in [6, 6.07) is 16.2. The Labute approximate surface area is 212 Å². The van der Waals surface area contributed by atoms with Crippen LogP contribution in [0.2, 0.25) is 5.02 Å². The summed E-state index contributed by atoms with van der Waals surface area (Å²) in [6.45, 7) is 1.72. The molecule has 0 N–H and O–H groups in total. The van der Waals surface area contributed by atoms with E-state index in [-0.39, 0.29) is 12.0 Å². The van der Waals surface area contributed by atoms with Crippen LogP contribution in [0.3, 0.4) is 0 Å². The van der Waals surface area contributed by atoms with Crippen LogP contribution in [-0.2, 0) is 11.3 Å². The zero-order valence-electron chi connectivity index (χ0n) is 18.7. The van der Waals surface area contributed by atoms with Crippen LogP contribution in [0.5, 0.6) is 0 Å². The summed E-state index contributed by atoms with van der Waals surface area (Å²) in [6.07, 6.45) is 5.73. The van der Waals surface area contributed by atoms with Crippen molar-refractivity contribution in [1.29, 1.82) is 0 Å². The molecule has 1 atom stereocenters. The van der Waals surface area contributed by atoms with Crippen LogP contribution in [0, 0.1) is 0 Å². The fourth-order valence-corrected chi connectivity index (χ4v) is 5.38. The largest absolute Gasteiger partial charge is 0.376 e. The van der Waals surface area contributed by atoms with Crippen molar-refractivity contribution in [3.05, 3.63) is 75.7 Å². The molecular formula is C26H24ClN3O2S2. The van der Waals surface area contributed by atoms with E-state index < -0.39 is 0 Å². The summed E-state index contributed by atoms with van der Waals surface area (Å²) in [5.41, 5.74) is 5.44. The first kappa shape index (κ1) is 23.3. The van der Waals surface area contributed by atoms with Gasteiger partial charge in [0.1, 0.15) is 4.88 Å². The van der Waals surface area contributed by atoms with E-state index in [4.69, 9.17) is 21.3 Å². The highest BCUT2D eigenvalue weighted by Crippen LogP contribution is 2.30. The van der Waals surface area contributed by atoms with Gasteiger partial charge in [0, 0.05) is 40.6 Å². The van der Waals surface area contributed by atoms with Gasteiger partial charge in [-0.1, -0.05) is 29.8 Å². The van der Waals surface area contributed by atoms with Gasteiger partial charge in [-0.2, -0.15) is 0 Å². The Hall–Kier alpha value is -2.45. The fourth-order valence-electron chi connectivity index (χ4n) is 4.23. The number of fused-ring (bicyclic) bond motifs is 1. The number of nitrogens with zero attached hydrogens (tertiary/aromatic N) is 3. The van der Waals surface area contributed by atoms with Gasteiger partial charge < -0.3 is 9.64 Å². The zero-order valence-corrected chi connectivity index (χ0v) is 21.1. The minimum absolute atomic E-state index is 0.0297. The molecule has 2 aromatic carbocycles. The van der Waals surface area contributed by atoms with Gasteiger partial charge in [-0.3, -0.25) is 9.78 Å². The van der Waals surface area contributed by atoms with Crippen molar-refractivity contribution in [2.45, 2.75) is 30.4 Å². The smallest absolute Gasteiger partial charge is 0.265 e. The molecule has 0 saturated carbocycles. The topological polar surface area (TPSA) is 55.3 Å². The third-order valence-corrected chi connectivity index (χ3v) is 7.70. The third kappa shape index (κ3) is 5.13. The number of ether oxygens (including phenoxy) is 1. The second kappa shape index (κ2) is 10.4.